The van der Waals surface area contributed by atoms with E-state index < -0.39 is 10.0 Å². The van der Waals surface area contributed by atoms with Crippen molar-refractivity contribution in [3.05, 3.63) is 57.6 Å². The number of hydrogen-bond acceptors (Lipinski definition) is 3. The highest BCUT2D eigenvalue weighted by Crippen LogP contribution is 2.36. The number of carbonyl (C=O) groups excluding carboxylic acids is 1. The molecule has 2 atom stereocenters. The zero-order valence-corrected chi connectivity index (χ0v) is 20.0. The molecule has 1 fully saturated rings. The van der Waals surface area contributed by atoms with Crippen molar-refractivity contribution >= 4 is 37.5 Å². The van der Waals surface area contributed by atoms with Gasteiger partial charge in [0.15, 0.2) is 0 Å². The molecule has 0 N–H and O–H groups in total. The molecular formula is C23H27BrN2O3S. The molecule has 0 saturated carbocycles. The van der Waals surface area contributed by atoms with Gasteiger partial charge in [-0.2, -0.15) is 4.31 Å². The van der Waals surface area contributed by atoms with E-state index in [-0.39, 0.29) is 24.4 Å². The van der Waals surface area contributed by atoms with E-state index in [4.69, 9.17) is 0 Å². The van der Waals surface area contributed by atoms with Crippen LogP contribution in [0.2, 0.25) is 0 Å². The molecule has 0 aromatic heterocycles. The molecule has 2 heterocycles. The van der Waals surface area contributed by atoms with Crippen molar-refractivity contribution in [2.45, 2.75) is 51.0 Å². The molecule has 2 aliphatic rings. The Morgan fingerprint density at radius 2 is 1.90 bits per heavy atom. The van der Waals surface area contributed by atoms with E-state index in [1.165, 1.54) is 4.31 Å². The van der Waals surface area contributed by atoms with Gasteiger partial charge in [0, 0.05) is 29.3 Å². The molecular weight excluding hydrogens is 464 g/mol. The third-order valence-electron chi connectivity index (χ3n) is 6.19. The van der Waals surface area contributed by atoms with Crippen molar-refractivity contribution in [3.63, 3.8) is 0 Å². The van der Waals surface area contributed by atoms with Crippen LogP contribution in [-0.4, -0.2) is 37.8 Å². The van der Waals surface area contributed by atoms with Gasteiger partial charge in [-0.15, -0.1) is 0 Å². The van der Waals surface area contributed by atoms with Crippen molar-refractivity contribution in [2.24, 2.45) is 5.92 Å². The summed E-state index contributed by atoms with van der Waals surface area (Å²) in [4.78, 5) is 15.7. The van der Waals surface area contributed by atoms with E-state index in [1.54, 1.807) is 6.07 Å². The minimum absolute atomic E-state index is 0.0319. The first kappa shape index (κ1) is 21.5. The molecule has 160 valence electrons. The van der Waals surface area contributed by atoms with Crippen molar-refractivity contribution in [1.82, 2.24) is 4.31 Å². The molecule has 1 amide bonds. The van der Waals surface area contributed by atoms with E-state index in [2.05, 4.69) is 28.9 Å². The summed E-state index contributed by atoms with van der Waals surface area (Å²) < 4.78 is 29.2. The number of rotatable bonds is 3. The summed E-state index contributed by atoms with van der Waals surface area (Å²) in [6.45, 7) is 6.47. The summed E-state index contributed by atoms with van der Waals surface area (Å²) in [6.07, 6.45) is 2.22. The lowest BCUT2D eigenvalue weighted by Crippen LogP contribution is -2.48. The summed E-state index contributed by atoms with van der Waals surface area (Å²) in [7, 11) is -3.63. The standard InChI is InChI=1S/C23H27BrN2O3S/c1-15-6-7-16(2)22(11-15)30(28,29)25-10-4-5-18(14-25)23(27)26-17(3)12-19-13-20(24)8-9-21(19)26/h6-9,11,13,17-18H,4-5,10,12,14H2,1-3H3/t17-,18+/m0/s1. The topological polar surface area (TPSA) is 57.7 Å². The minimum Gasteiger partial charge on any atom is -0.309 e. The van der Waals surface area contributed by atoms with Crippen LogP contribution in [0.4, 0.5) is 5.69 Å². The highest BCUT2D eigenvalue weighted by atomic mass is 79.9. The van der Waals surface area contributed by atoms with Crippen molar-refractivity contribution in [1.29, 1.82) is 0 Å². The molecule has 4 rings (SSSR count). The largest absolute Gasteiger partial charge is 0.309 e. The molecule has 5 nitrogen and oxygen atoms in total. The van der Waals surface area contributed by atoms with Crippen LogP contribution in [0, 0.1) is 19.8 Å². The van der Waals surface area contributed by atoms with Crippen molar-refractivity contribution < 1.29 is 13.2 Å². The quantitative estimate of drug-likeness (QED) is 0.638. The summed E-state index contributed by atoms with van der Waals surface area (Å²) in [5, 5.41) is 0. The van der Waals surface area contributed by atoms with Crippen LogP contribution in [0.5, 0.6) is 0 Å². The fraction of sp³-hybridized carbons (Fsp3) is 0.435. The highest BCUT2D eigenvalue weighted by Gasteiger charge is 2.39. The Bertz CT molecular complexity index is 1100. The molecule has 2 aliphatic heterocycles. The number of hydrogen-bond donors (Lipinski definition) is 0. The second-order valence-electron chi connectivity index (χ2n) is 8.51. The first-order chi connectivity index (χ1) is 14.2. The van der Waals surface area contributed by atoms with E-state index in [1.807, 2.05) is 43.0 Å². The smallest absolute Gasteiger partial charge is 0.243 e. The molecule has 0 unspecified atom stereocenters. The van der Waals surface area contributed by atoms with E-state index in [0.29, 0.717) is 24.3 Å². The predicted octanol–water partition coefficient (Wildman–Crippen LogP) is 4.44. The Kier molecular flexibility index (Phi) is 5.81. The Morgan fingerprint density at radius 1 is 1.13 bits per heavy atom. The highest BCUT2D eigenvalue weighted by molar-refractivity contribution is 9.10. The van der Waals surface area contributed by atoms with E-state index in [9.17, 15) is 13.2 Å². The number of sulfonamides is 1. The maximum atomic E-state index is 13.5. The van der Waals surface area contributed by atoms with Crippen LogP contribution in [0.1, 0.15) is 36.5 Å². The monoisotopic (exact) mass is 490 g/mol. The normalized spacial score (nSPS) is 22.2. The van der Waals surface area contributed by atoms with Gasteiger partial charge in [0.25, 0.3) is 0 Å². The summed E-state index contributed by atoms with van der Waals surface area (Å²) in [6, 6.07) is 11.6. The van der Waals surface area contributed by atoms with Crippen molar-refractivity contribution in [2.75, 3.05) is 18.0 Å². The van der Waals surface area contributed by atoms with Crippen LogP contribution >= 0.6 is 15.9 Å². The number of fused-ring (bicyclic) bond motifs is 1. The average molecular weight is 491 g/mol. The zero-order chi connectivity index (χ0) is 21.6. The fourth-order valence-corrected chi connectivity index (χ4v) is 6.86. The third kappa shape index (κ3) is 3.83. The lowest BCUT2D eigenvalue weighted by Gasteiger charge is -2.35. The number of anilines is 1. The van der Waals surface area contributed by atoms with Crippen LogP contribution in [0.25, 0.3) is 0 Å². The van der Waals surface area contributed by atoms with Gasteiger partial charge in [0.05, 0.1) is 10.8 Å². The van der Waals surface area contributed by atoms with Gasteiger partial charge < -0.3 is 4.90 Å². The second-order valence-corrected chi connectivity index (χ2v) is 11.3. The first-order valence-corrected chi connectivity index (χ1v) is 12.6. The Hall–Kier alpha value is -1.70. The van der Waals surface area contributed by atoms with Gasteiger partial charge in [-0.1, -0.05) is 28.1 Å². The first-order valence-electron chi connectivity index (χ1n) is 10.4. The molecule has 2 aromatic rings. The van der Waals surface area contributed by atoms with E-state index in [0.717, 1.165) is 33.3 Å². The molecule has 0 radical (unpaired) electrons. The Labute approximate surface area is 187 Å². The summed E-state index contributed by atoms with van der Waals surface area (Å²) in [5.41, 5.74) is 3.75. The molecule has 30 heavy (non-hydrogen) atoms. The Balaban J connectivity index is 1.59. The van der Waals surface area contributed by atoms with Gasteiger partial charge in [0.1, 0.15) is 0 Å². The Morgan fingerprint density at radius 3 is 2.67 bits per heavy atom. The number of aryl methyl sites for hydroxylation is 2. The van der Waals surface area contributed by atoms with E-state index >= 15 is 0 Å². The number of carbonyl (C=O) groups is 1. The number of benzene rings is 2. The average Bonchev–Trinajstić information content (AvgIpc) is 3.04. The van der Waals surface area contributed by atoms with Crippen LogP contribution < -0.4 is 4.90 Å². The molecule has 2 aromatic carbocycles. The number of amides is 1. The van der Waals surface area contributed by atoms with Gasteiger partial charge in [-0.25, -0.2) is 8.42 Å². The lowest BCUT2D eigenvalue weighted by atomic mass is 9.97. The van der Waals surface area contributed by atoms with Crippen LogP contribution in [-0.2, 0) is 21.2 Å². The molecule has 1 saturated heterocycles. The van der Waals surface area contributed by atoms with Gasteiger partial charge in [-0.3, -0.25) is 4.79 Å². The summed E-state index contributed by atoms with van der Waals surface area (Å²) in [5.74, 6) is -0.292. The van der Waals surface area contributed by atoms with Crippen molar-refractivity contribution in [3.8, 4) is 0 Å². The maximum Gasteiger partial charge on any atom is 0.243 e. The third-order valence-corrected chi connectivity index (χ3v) is 8.69. The predicted molar refractivity (Wildman–Crippen MR) is 122 cm³/mol. The number of halogens is 1. The minimum atomic E-state index is -3.63. The lowest BCUT2D eigenvalue weighted by molar-refractivity contribution is -0.123. The van der Waals surface area contributed by atoms with Crippen LogP contribution in [0.15, 0.2) is 45.8 Å². The van der Waals surface area contributed by atoms with Gasteiger partial charge in [-0.05, 0) is 81.0 Å². The number of piperidine rings is 1. The molecule has 0 aliphatic carbocycles. The molecule has 0 spiro atoms. The van der Waals surface area contributed by atoms with Gasteiger partial charge >= 0.3 is 0 Å². The summed E-state index contributed by atoms with van der Waals surface area (Å²) >= 11 is 3.50. The second kappa shape index (κ2) is 8.09. The zero-order valence-electron chi connectivity index (χ0n) is 17.6. The van der Waals surface area contributed by atoms with Crippen LogP contribution in [0.3, 0.4) is 0 Å². The van der Waals surface area contributed by atoms with Gasteiger partial charge in [0.2, 0.25) is 15.9 Å². The fourth-order valence-electron chi connectivity index (χ4n) is 4.62. The molecule has 7 heteroatoms. The SMILES string of the molecule is Cc1ccc(C)c(S(=O)(=O)N2CCC[C@@H](C(=O)N3c4ccc(Br)cc4C[C@@H]3C)C2)c1. The molecule has 0 bridgehead atoms. The maximum absolute atomic E-state index is 13.5. The number of nitrogens with zero attached hydrogens (tertiary/aromatic N) is 2.